The maximum atomic E-state index is 13.0. The van der Waals surface area contributed by atoms with Gasteiger partial charge in [-0.2, -0.15) is 13.2 Å². The molecular weight excluding hydrogens is 319 g/mol. The highest BCUT2D eigenvalue weighted by molar-refractivity contribution is 5.85. The number of carbonyl (C=O) groups is 1. The molecule has 1 N–H and O–H groups in total. The van der Waals surface area contributed by atoms with E-state index in [9.17, 15) is 28.1 Å². The number of halogens is 3. The van der Waals surface area contributed by atoms with Gasteiger partial charge in [0.1, 0.15) is 5.92 Å². The van der Waals surface area contributed by atoms with Crippen LogP contribution in [0.3, 0.4) is 0 Å². The summed E-state index contributed by atoms with van der Waals surface area (Å²) < 4.78 is 39.0. The van der Waals surface area contributed by atoms with E-state index in [4.69, 9.17) is 4.84 Å². The first-order valence-corrected chi connectivity index (χ1v) is 7.51. The summed E-state index contributed by atoms with van der Waals surface area (Å²) in [6.07, 6.45) is -5.28. The van der Waals surface area contributed by atoms with Crippen molar-refractivity contribution in [1.29, 1.82) is 0 Å². The average molecular weight is 341 g/mol. The molecule has 3 atom stereocenters. The van der Waals surface area contributed by atoms with E-state index in [1.165, 1.54) is 13.8 Å². The van der Waals surface area contributed by atoms with E-state index in [2.05, 4.69) is 5.59 Å². The van der Waals surface area contributed by atoms with Gasteiger partial charge < -0.3 is 0 Å². The molecule has 0 aromatic rings. The van der Waals surface area contributed by atoms with Crippen molar-refractivity contribution in [3.05, 3.63) is 10.1 Å². The fraction of sp³-hybridized carbons (Fsp3) is 0.923. The number of rotatable bonds is 2. The molecule has 2 fully saturated rings. The second kappa shape index (κ2) is 7.00. The van der Waals surface area contributed by atoms with E-state index in [-0.39, 0.29) is 12.8 Å². The number of nitrogens with one attached hydrogen (secondary N) is 1. The average Bonchev–Trinajstić information content (AvgIpc) is 2.74. The lowest BCUT2D eigenvalue weighted by Gasteiger charge is -2.36. The third-order valence-corrected chi connectivity index (χ3v) is 3.98. The molecule has 2 aliphatic rings. The third kappa shape index (κ3) is 4.11. The Morgan fingerprint density at radius 2 is 1.91 bits per heavy atom. The van der Waals surface area contributed by atoms with Gasteiger partial charge in [-0.05, 0) is 26.7 Å². The minimum Gasteiger partial charge on any atom is -0.270 e. The monoisotopic (exact) mass is 341 g/mol. The van der Waals surface area contributed by atoms with Gasteiger partial charge in [-0.1, -0.05) is 13.8 Å². The number of nitrogens with zero attached hydrogens (tertiary/aromatic N) is 2. The largest absolute Gasteiger partial charge is 0.398 e. The molecule has 0 radical (unpaired) electrons. The second-order valence-electron chi connectivity index (χ2n) is 5.85. The zero-order valence-electron chi connectivity index (χ0n) is 13.5. The second-order valence-corrected chi connectivity index (χ2v) is 5.85. The van der Waals surface area contributed by atoms with Gasteiger partial charge in [-0.25, -0.2) is 5.01 Å². The van der Waals surface area contributed by atoms with Crippen LogP contribution in [-0.2, 0) is 9.63 Å². The van der Waals surface area contributed by atoms with Gasteiger partial charge in [0.25, 0.3) is 5.91 Å². The number of hydrazine groups is 1. The quantitative estimate of drug-likeness (QED) is 0.616. The van der Waals surface area contributed by atoms with E-state index < -0.39 is 47.0 Å². The van der Waals surface area contributed by atoms with E-state index in [1.54, 1.807) is 0 Å². The summed E-state index contributed by atoms with van der Waals surface area (Å²) in [5, 5.41) is 11.8. The van der Waals surface area contributed by atoms with Crippen LogP contribution in [-0.4, -0.2) is 39.7 Å². The first-order chi connectivity index (χ1) is 10.5. The number of nitro groups is 1. The zero-order chi connectivity index (χ0) is 18.0. The number of carbonyl (C=O) groups excluding carboxylic acids is 1. The van der Waals surface area contributed by atoms with Crippen LogP contribution < -0.4 is 5.59 Å². The number of hydrogen-bond donors (Lipinski definition) is 1. The van der Waals surface area contributed by atoms with Crippen LogP contribution in [0.4, 0.5) is 13.2 Å². The predicted molar refractivity (Wildman–Crippen MR) is 74.5 cm³/mol. The van der Waals surface area contributed by atoms with Crippen molar-refractivity contribution < 1.29 is 27.7 Å². The van der Waals surface area contributed by atoms with Crippen LogP contribution in [0.5, 0.6) is 0 Å². The molecule has 10 heteroatoms. The standard InChI is InChI=1S/C11H16F3N3O4.C2H6/c1-10(2)9(18)16(15-21-10)6-3-4-8(17(19)20)7(5-6)11(12,13)14;1-2/h6-8,15H,3-5H2,1-2H3;1-2H3. The van der Waals surface area contributed by atoms with Gasteiger partial charge in [0.05, 0.1) is 6.04 Å². The first-order valence-electron chi connectivity index (χ1n) is 7.51. The molecule has 0 spiro atoms. The fourth-order valence-corrected chi connectivity index (χ4v) is 2.75. The molecule has 2 rings (SSSR count). The van der Waals surface area contributed by atoms with Gasteiger partial charge in [-0.3, -0.25) is 19.7 Å². The Labute approximate surface area is 132 Å². The van der Waals surface area contributed by atoms with E-state index in [0.717, 1.165) is 5.01 Å². The topological polar surface area (TPSA) is 84.7 Å². The molecule has 0 bridgehead atoms. The maximum Gasteiger partial charge on any atom is 0.398 e. The van der Waals surface area contributed by atoms with Crippen molar-refractivity contribution in [1.82, 2.24) is 10.6 Å². The van der Waals surface area contributed by atoms with E-state index in [0.29, 0.717) is 0 Å². The first kappa shape index (κ1) is 19.6. The summed E-state index contributed by atoms with van der Waals surface area (Å²) in [6, 6.07) is -2.44. The molecule has 23 heavy (non-hydrogen) atoms. The summed E-state index contributed by atoms with van der Waals surface area (Å²) in [6.45, 7) is 6.98. The maximum absolute atomic E-state index is 13.0. The highest BCUT2D eigenvalue weighted by atomic mass is 19.4. The molecule has 1 saturated heterocycles. The minimum absolute atomic E-state index is 0.121. The summed E-state index contributed by atoms with van der Waals surface area (Å²) in [5.41, 5.74) is 1.17. The molecule has 1 saturated carbocycles. The molecule has 1 aliphatic carbocycles. The van der Waals surface area contributed by atoms with Crippen LogP contribution in [0.15, 0.2) is 0 Å². The number of amides is 1. The Hall–Kier alpha value is -1.42. The lowest BCUT2D eigenvalue weighted by Crippen LogP contribution is -2.53. The molecule has 7 nitrogen and oxygen atoms in total. The van der Waals surface area contributed by atoms with Crippen LogP contribution in [0.1, 0.15) is 47.0 Å². The lowest BCUT2D eigenvalue weighted by molar-refractivity contribution is -0.546. The van der Waals surface area contributed by atoms with E-state index in [1.807, 2.05) is 13.8 Å². The number of alkyl halides is 3. The zero-order valence-corrected chi connectivity index (χ0v) is 13.5. The Kier molecular flexibility index (Phi) is 5.97. The lowest BCUT2D eigenvalue weighted by atomic mass is 9.81. The SMILES string of the molecule is CC.CC1(C)ONN(C2CCC([N+](=O)[O-])C(C(F)(F)F)C2)C1=O. The molecule has 1 amide bonds. The minimum atomic E-state index is -4.67. The van der Waals surface area contributed by atoms with Crippen molar-refractivity contribution in [3.63, 3.8) is 0 Å². The van der Waals surface area contributed by atoms with Crippen LogP contribution in [0, 0.1) is 16.0 Å². The van der Waals surface area contributed by atoms with Gasteiger partial charge in [-0.15, -0.1) is 5.59 Å². The summed E-state index contributed by atoms with van der Waals surface area (Å²) >= 11 is 0. The molecule has 134 valence electrons. The van der Waals surface area contributed by atoms with E-state index >= 15 is 0 Å². The Bertz CT molecular complexity index is 456. The summed E-state index contributed by atoms with van der Waals surface area (Å²) in [7, 11) is 0. The smallest absolute Gasteiger partial charge is 0.270 e. The van der Waals surface area contributed by atoms with Crippen molar-refractivity contribution in [3.8, 4) is 0 Å². The van der Waals surface area contributed by atoms with Gasteiger partial charge in [0.15, 0.2) is 5.60 Å². The summed E-state index contributed by atoms with van der Waals surface area (Å²) in [5.74, 6) is -2.54. The third-order valence-electron chi connectivity index (χ3n) is 3.98. The molecule has 1 heterocycles. The fourth-order valence-electron chi connectivity index (χ4n) is 2.75. The Balaban J connectivity index is 0.00000127. The van der Waals surface area contributed by atoms with Crippen LogP contribution in [0.25, 0.3) is 0 Å². The van der Waals surface area contributed by atoms with Gasteiger partial charge in [0, 0.05) is 11.3 Å². The Morgan fingerprint density at radius 3 is 2.30 bits per heavy atom. The molecule has 0 aromatic heterocycles. The van der Waals surface area contributed by atoms with Gasteiger partial charge in [0.2, 0.25) is 6.04 Å². The Morgan fingerprint density at radius 1 is 1.35 bits per heavy atom. The highest BCUT2D eigenvalue weighted by Crippen LogP contribution is 2.41. The summed E-state index contributed by atoms with van der Waals surface area (Å²) in [4.78, 5) is 27.0. The molecular formula is C13H22F3N3O4. The van der Waals surface area contributed by atoms with Crippen molar-refractivity contribution in [2.75, 3.05) is 0 Å². The van der Waals surface area contributed by atoms with Crippen LogP contribution >= 0.6 is 0 Å². The molecule has 1 aliphatic heterocycles. The van der Waals surface area contributed by atoms with Crippen LogP contribution in [0.2, 0.25) is 0 Å². The van der Waals surface area contributed by atoms with Crippen molar-refractivity contribution in [2.45, 2.75) is 70.8 Å². The highest BCUT2D eigenvalue weighted by Gasteiger charge is 2.56. The molecule has 3 unspecified atom stereocenters. The van der Waals surface area contributed by atoms with Crippen molar-refractivity contribution in [2.24, 2.45) is 5.92 Å². The molecule has 0 aromatic carbocycles. The predicted octanol–water partition coefficient (Wildman–Crippen LogP) is 2.45. The number of hydrogen-bond acceptors (Lipinski definition) is 5. The normalized spacial score (nSPS) is 30.7. The van der Waals surface area contributed by atoms with Crippen molar-refractivity contribution >= 4 is 5.91 Å². The van der Waals surface area contributed by atoms with Gasteiger partial charge >= 0.3 is 6.18 Å².